The van der Waals surface area contributed by atoms with Gasteiger partial charge in [0, 0.05) is 12.1 Å². The van der Waals surface area contributed by atoms with Crippen LogP contribution in [0.4, 0.5) is 13.9 Å². The van der Waals surface area contributed by atoms with E-state index in [1.807, 2.05) is 6.07 Å². The molecular weight excluding hydrogens is 244 g/mol. The molecule has 1 aromatic heterocycles. The van der Waals surface area contributed by atoms with Crippen LogP contribution in [0.5, 0.6) is 0 Å². The molecule has 1 aromatic carbocycles. The number of anilines is 1. The minimum absolute atomic E-state index is 0.127. The van der Waals surface area contributed by atoms with Gasteiger partial charge in [0.1, 0.15) is 22.6 Å². The van der Waals surface area contributed by atoms with Crippen LogP contribution >= 0.6 is 11.3 Å². The Balaban J connectivity index is 2.07. The molecule has 0 amide bonds. The Hall–Kier alpha value is -2.00. The molecule has 0 aliphatic carbocycles. The van der Waals surface area contributed by atoms with E-state index in [4.69, 9.17) is 5.26 Å². The number of rotatable bonds is 3. The van der Waals surface area contributed by atoms with Gasteiger partial charge in [0.15, 0.2) is 5.13 Å². The predicted octanol–water partition coefficient (Wildman–Crippen LogP) is 2.91. The number of halogens is 2. The highest BCUT2D eigenvalue weighted by Gasteiger charge is 2.05. The summed E-state index contributed by atoms with van der Waals surface area (Å²) in [6.45, 7) is 0.127. The zero-order valence-electron chi connectivity index (χ0n) is 8.58. The minimum Gasteiger partial charge on any atom is -0.357 e. The van der Waals surface area contributed by atoms with Gasteiger partial charge in [-0.2, -0.15) is 5.26 Å². The Bertz CT molecular complexity index is 574. The van der Waals surface area contributed by atoms with Crippen molar-refractivity contribution >= 4 is 16.5 Å². The number of nitrogens with zero attached hydrogens (tertiary/aromatic N) is 2. The van der Waals surface area contributed by atoms with Crippen molar-refractivity contribution < 1.29 is 8.78 Å². The Labute approximate surface area is 100 Å². The molecule has 17 heavy (non-hydrogen) atoms. The molecule has 2 aromatic rings. The van der Waals surface area contributed by atoms with Crippen LogP contribution in [-0.2, 0) is 6.54 Å². The summed E-state index contributed by atoms with van der Waals surface area (Å²) < 4.78 is 26.1. The summed E-state index contributed by atoms with van der Waals surface area (Å²) in [6, 6.07) is 5.22. The quantitative estimate of drug-likeness (QED) is 0.912. The number of aromatic nitrogens is 1. The van der Waals surface area contributed by atoms with E-state index in [0.717, 1.165) is 29.5 Å². The lowest BCUT2D eigenvalue weighted by Gasteiger charge is -2.04. The third kappa shape index (κ3) is 2.77. The van der Waals surface area contributed by atoms with Crippen molar-refractivity contribution in [3.63, 3.8) is 0 Å². The molecule has 1 N–H and O–H groups in total. The predicted molar refractivity (Wildman–Crippen MR) is 60.5 cm³/mol. The molecule has 86 valence electrons. The molecule has 2 rings (SSSR count). The second-order valence-electron chi connectivity index (χ2n) is 3.23. The van der Waals surface area contributed by atoms with Crippen LogP contribution in [0.25, 0.3) is 0 Å². The Kier molecular flexibility index (Phi) is 3.30. The van der Waals surface area contributed by atoms with Crippen molar-refractivity contribution in [3.05, 3.63) is 46.5 Å². The van der Waals surface area contributed by atoms with E-state index in [1.54, 1.807) is 0 Å². The third-order valence-corrected chi connectivity index (χ3v) is 2.91. The lowest BCUT2D eigenvalue weighted by molar-refractivity contribution is 0.587. The first-order valence-corrected chi connectivity index (χ1v) is 5.54. The third-order valence-electron chi connectivity index (χ3n) is 2.05. The molecule has 0 saturated heterocycles. The van der Waals surface area contributed by atoms with Crippen molar-refractivity contribution in [2.45, 2.75) is 6.54 Å². The number of hydrogen-bond acceptors (Lipinski definition) is 4. The average molecular weight is 251 g/mol. The molecule has 0 atom stereocenters. The molecule has 3 nitrogen and oxygen atoms in total. The summed E-state index contributed by atoms with van der Waals surface area (Å²) >= 11 is 1.16. The molecule has 0 unspecified atom stereocenters. The van der Waals surface area contributed by atoms with Crippen molar-refractivity contribution in [1.29, 1.82) is 5.26 Å². The zero-order valence-corrected chi connectivity index (χ0v) is 9.39. The van der Waals surface area contributed by atoms with Crippen LogP contribution < -0.4 is 5.32 Å². The maximum atomic E-state index is 13.3. The summed E-state index contributed by atoms with van der Waals surface area (Å²) in [7, 11) is 0. The van der Waals surface area contributed by atoms with Gasteiger partial charge in [0.2, 0.25) is 0 Å². The molecule has 0 fully saturated rings. The SMILES string of the molecule is N#Cc1cnc(NCc2cc(F)ccc2F)s1. The largest absolute Gasteiger partial charge is 0.357 e. The summed E-state index contributed by atoms with van der Waals surface area (Å²) in [4.78, 5) is 4.39. The molecule has 6 heteroatoms. The van der Waals surface area contributed by atoms with Crippen molar-refractivity contribution in [2.24, 2.45) is 0 Å². The highest BCUT2D eigenvalue weighted by atomic mass is 32.1. The van der Waals surface area contributed by atoms with Gasteiger partial charge in [-0.05, 0) is 18.2 Å². The van der Waals surface area contributed by atoms with Crippen molar-refractivity contribution in [2.75, 3.05) is 5.32 Å². The number of nitrogens with one attached hydrogen (secondary N) is 1. The van der Waals surface area contributed by atoms with E-state index < -0.39 is 11.6 Å². The number of nitriles is 1. The Morgan fingerprint density at radius 1 is 1.41 bits per heavy atom. The maximum absolute atomic E-state index is 13.3. The van der Waals surface area contributed by atoms with Crippen molar-refractivity contribution in [1.82, 2.24) is 4.98 Å². The Morgan fingerprint density at radius 2 is 2.24 bits per heavy atom. The first kappa shape index (κ1) is 11.5. The van der Waals surface area contributed by atoms with Crippen LogP contribution in [0.3, 0.4) is 0 Å². The van der Waals surface area contributed by atoms with Gasteiger partial charge in [-0.3, -0.25) is 0 Å². The molecule has 0 spiro atoms. The van der Waals surface area contributed by atoms with Crippen LogP contribution in [0, 0.1) is 23.0 Å². The van der Waals surface area contributed by atoms with Gasteiger partial charge in [-0.25, -0.2) is 13.8 Å². The van der Waals surface area contributed by atoms with Gasteiger partial charge in [-0.15, -0.1) is 0 Å². The topological polar surface area (TPSA) is 48.7 Å². The number of hydrogen-bond donors (Lipinski definition) is 1. The minimum atomic E-state index is -0.486. The molecule has 0 bridgehead atoms. The second kappa shape index (κ2) is 4.89. The highest BCUT2D eigenvalue weighted by Crippen LogP contribution is 2.18. The first-order valence-electron chi connectivity index (χ1n) is 4.73. The molecule has 0 aliphatic rings. The lowest BCUT2D eigenvalue weighted by atomic mass is 10.2. The van der Waals surface area contributed by atoms with Crippen LogP contribution in [0.2, 0.25) is 0 Å². The summed E-state index contributed by atoms with van der Waals surface area (Å²) in [5.41, 5.74) is 0.221. The van der Waals surface area contributed by atoms with Crippen LogP contribution in [0.15, 0.2) is 24.4 Å². The van der Waals surface area contributed by atoms with E-state index >= 15 is 0 Å². The standard InChI is InChI=1S/C11H7F2N3S/c12-8-1-2-10(13)7(3-8)5-15-11-16-6-9(4-14)17-11/h1-3,6H,5H2,(H,15,16). The van der Waals surface area contributed by atoms with Crippen LogP contribution in [0.1, 0.15) is 10.4 Å². The fourth-order valence-electron chi connectivity index (χ4n) is 1.26. The van der Waals surface area contributed by atoms with Gasteiger partial charge < -0.3 is 5.32 Å². The van der Waals surface area contributed by atoms with Crippen molar-refractivity contribution in [3.8, 4) is 6.07 Å². The highest BCUT2D eigenvalue weighted by molar-refractivity contribution is 7.16. The lowest BCUT2D eigenvalue weighted by Crippen LogP contribution is -2.01. The maximum Gasteiger partial charge on any atom is 0.184 e. The summed E-state index contributed by atoms with van der Waals surface area (Å²) in [5, 5.41) is 11.9. The molecule has 1 heterocycles. The number of benzene rings is 1. The molecule has 0 radical (unpaired) electrons. The monoisotopic (exact) mass is 251 g/mol. The Morgan fingerprint density at radius 3 is 2.94 bits per heavy atom. The number of thiazole rings is 1. The van der Waals surface area contributed by atoms with Gasteiger partial charge in [0.25, 0.3) is 0 Å². The normalized spacial score (nSPS) is 9.94. The van der Waals surface area contributed by atoms with E-state index in [9.17, 15) is 8.78 Å². The second-order valence-corrected chi connectivity index (χ2v) is 4.26. The fraction of sp³-hybridized carbons (Fsp3) is 0.0909. The summed E-state index contributed by atoms with van der Waals surface area (Å²) in [5.74, 6) is -0.962. The van der Waals surface area contributed by atoms with Gasteiger partial charge in [0.05, 0.1) is 6.20 Å². The smallest absolute Gasteiger partial charge is 0.184 e. The van der Waals surface area contributed by atoms with Gasteiger partial charge >= 0.3 is 0 Å². The van der Waals surface area contributed by atoms with E-state index in [1.165, 1.54) is 6.20 Å². The van der Waals surface area contributed by atoms with E-state index in [0.29, 0.717) is 10.0 Å². The average Bonchev–Trinajstić information content (AvgIpc) is 2.78. The molecule has 0 saturated carbocycles. The fourth-order valence-corrected chi connectivity index (χ4v) is 1.87. The van der Waals surface area contributed by atoms with Crippen LogP contribution in [-0.4, -0.2) is 4.98 Å². The first-order chi connectivity index (χ1) is 8.19. The summed E-state index contributed by atoms with van der Waals surface area (Å²) in [6.07, 6.45) is 1.43. The van der Waals surface area contributed by atoms with Gasteiger partial charge in [-0.1, -0.05) is 11.3 Å². The van der Waals surface area contributed by atoms with E-state index in [-0.39, 0.29) is 12.1 Å². The molecular formula is C11H7F2N3S. The molecule has 0 aliphatic heterocycles. The zero-order chi connectivity index (χ0) is 12.3. The van der Waals surface area contributed by atoms with E-state index in [2.05, 4.69) is 10.3 Å².